The third kappa shape index (κ3) is 3.73. The minimum absolute atomic E-state index is 0.0804. The molecular weight excluding hydrogens is 275 g/mol. The van der Waals surface area contributed by atoms with E-state index in [-0.39, 0.29) is 11.8 Å². The second-order valence-electron chi connectivity index (χ2n) is 3.68. The lowest BCUT2D eigenvalue weighted by atomic mass is 10.2. The van der Waals surface area contributed by atoms with Crippen LogP contribution >= 0.6 is 19.8 Å². The highest BCUT2D eigenvalue weighted by molar-refractivity contribution is 7.95. The van der Waals surface area contributed by atoms with Gasteiger partial charge in [-0.2, -0.15) is 9.97 Å². The van der Waals surface area contributed by atoms with E-state index >= 15 is 0 Å². The Morgan fingerprint density at radius 1 is 1.33 bits per heavy atom. The Bertz CT molecular complexity index is 481. The van der Waals surface area contributed by atoms with Crippen molar-refractivity contribution in [2.24, 2.45) is 0 Å². The van der Waals surface area contributed by atoms with Crippen LogP contribution in [0.3, 0.4) is 0 Å². The Balaban J connectivity index is 3.12. The smallest absolute Gasteiger partial charge is 0.415 e. The maximum absolute atomic E-state index is 11.9. The van der Waals surface area contributed by atoms with Crippen molar-refractivity contribution in [3.05, 3.63) is 11.9 Å². The molecule has 1 aromatic heterocycles. The van der Waals surface area contributed by atoms with Crippen molar-refractivity contribution in [3.8, 4) is 11.8 Å². The van der Waals surface area contributed by atoms with Crippen LogP contribution in [0.4, 0.5) is 0 Å². The van der Waals surface area contributed by atoms with Crippen LogP contribution in [0.25, 0.3) is 0 Å². The summed E-state index contributed by atoms with van der Waals surface area (Å²) in [6.07, 6.45) is 0. The Morgan fingerprint density at radius 2 is 1.94 bits per heavy atom. The monoisotopic (exact) mass is 290 g/mol. The molecule has 18 heavy (non-hydrogen) atoms. The van der Waals surface area contributed by atoms with E-state index < -0.39 is 7.60 Å². The van der Waals surface area contributed by atoms with Crippen molar-refractivity contribution in [3.63, 3.8) is 0 Å². The molecule has 0 radical (unpaired) electrons. The summed E-state index contributed by atoms with van der Waals surface area (Å²) < 4.78 is 26.8. The highest BCUT2D eigenvalue weighted by atomic mass is 32.1. The fourth-order valence-corrected chi connectivity index (χ4v) is 2.01. The molecule has 0 saturated carbocycles. The Morgan fingerprint density at radius 3 is 2.39 bits per heavy atom. The summed E-state index contributed by atoms with van der Waals surface area (Å²) in [6.45, 7) is 3.85. The van der Waals surface area contributed by atoms with Gasteiger partial charge in [-0.15, -0.1) is 0 Å². The van der Waals surface area contributed by atoms with Crippen LogP contribution in [0, 0.1) is 0 Å². The second-order valence-corrected chi connectivity index (χ2v) is 6.15. The Hall–Kier alpha value is -1.04. The zero-order chi connectivity index (χ0) is 13.8. The first-order valence-corrected chi connectivity index (χ1v) is 7.26. The quantitative estimate of drug-likeness (QED) is 0.589. The number of ether oxygens (including phenoxy) is 1. The summed E-state index contributed by atoms with van der Waals surface area (Å²) in [5.41, 5.74) is 0. The molecule has 0 spiro atoms. The molecule has 100 valence electrons. The fourth-order valence-electron chi connectivity index (χ4n) is 1.06. The first kappa shape index (κ1) is 15.0. The molecule has 6 nitrogen and oxygen atoms in total. The SMILES string of the molecule is COc1cc(OP(=O)(C=S)OC)nc(C(C)C)n1. The first-order chi connectivity index (χ1) is 8.44. The van der Waals surface area contributed by atoms with Gasteiger partial charge in [0.25, 0.3) is 0 Å². The molecule has 1 aromatic rings. The Labute approximate surface area is 111 Å². The topological polar surface area (TPSA) is 70.5 Å². The minimum atomic E-state index is -3.44. The molecule has 0 amide bonds. The zero-order valence-electron chi connectivity index (χ0n) is 10.6. The van der Waals surface area contributed by atoms with Gasteiger partial charge in [0.1, 0.15) is 10.9 Å². The van der Waals surface area contributed by atoms with Gasteiger partial charge in [-0.25, -0.2) is 4.57 Å². The summed E-state index contributed by atoms with van der Waals surface area (Å²) in [5, 5.41) is 0.955. The molecule has 0 aliphatic heterocycles. The van der Waals surface area contributed by atoms with Crippen molar-refractivity contribution < 1.29 is 18.3 Å². The van der Waals surface area contributed by atoms with E-state index in [1.54, 1.807) is 0 Å². The summed E-state index contributed by atoms with van der Waals surface area (Å²) in [5.74, 6) is 1.04. The molecular formula is C10H15N2O4PS. The zero-order valence-corrected chi connectivity index (χ0v) is 12.3. The van der Waals surface area contributed by atoms with Gasteiger partial charge in [-0.3, -0.25) is 4.52 Å². The second kappa shape index (κ2) is 6.22. The lowest BCUT2D eigenvalue weighted by Gasteiger charge is -2.13. The number of nitrogens with zero attached hydrogens (tertiary/aromatic N) is 2. The van der Waals surface area contributed by atoms with Crippen LogP contribution in [-0.2, 0) is 9.09 Å². The van der Waals surface area contributed by atoms with Crippen LogP contribution in [-0.4, -0.2) is 29.3 Å². The normalized spacial score (nSPS) is 14.1. The van der Waals surface area contributed by atoms with Crippen LogP contribution in [0.2, 0.25) is 0 Å². The van der Waals surface area contributed by atoms with E-state index in [1.165, 1.54) is 20.3 Å². The predicted octanol–water partition coefficient (Wildman–Crippen LogP) is 2.78. The van der Waals surface area contributed by atoms with Gasteiger partial charge in [0.2, 0.25) is 11.8 Å². The van der Waals surface area contributed by atoms with E-state index in [1.807, 2.05) is 13.8 Å². The van der Waals surface area contributed by atoms with Gasteiger partial charge in [0.15, 0.2) is 0 Å². The lowest BCUT2D eigenvalue weighted by molar-refractivity contribution is 0.331. The van der Waals surface area contributed by atoms with Crippen LogP contribution in [0.5, 0.6) is 11.8 Å². The van der Waals surface area contributed by atoms with E-state index in [0.29, 0.717) is 11.7 Å². The average Bonchev–Trinajstić information content (AvgIpc) is 2.38. The number of hydrogen-bond acceptors (Lipinski definition) is 7. The van der Waals surface area contributed by atoms with Gasteiger partial charge in [-0.05, 0) is 0 Å². The Kier molecular flexibility index (Phi) is 5.19. The standard InChI is InChI=1S/C10H15N2O4PS/c1-7(2)10-11-8(14-3)5-9(12-10)16-17(13,6-18)15-4/h5-7H,1-4H3. The highest BCUT2D eigenvalue weighted by Gasteiger charge is 2.22. The molecule has 0 aliphatic carbocycles. The number of methoxy groups -OCH3 is 1. The van der Waals surface area contributed by atoms with E-state index in [9.17, 15) is 4.57 Å². The van der Waals surface area contributed by atoms with Crippen molar-refractivity contribution in [2.45, 2.75) is 19.8 Å². The molecule has 0 bridgehead atoms. The summed E-state index contributed by atoms with van der Waals surface area (Å²) in [6, 6.07) is 1.43. The van der Waals surface area contributed by atoms with Crippen LogP contribution < -0.4 is 9.26 Å². The third-order valence-electron chi connectivity index (χ3n) is 2.03. The van der Waals surface area contributed by atoms with Gasteiger partial charge >= 0.3 is 7.60 Å². The molecule has 0 N–H and O–H groups in total. The van der Waals surface area contributed by atoms with E-state index in [0.717, 1.165) is 5.11 Å². The van der Waals surface area contributed by atoms with Crippen molar-refractivity contribution in [1.29, 1.82) is 0 Å². The van der Waals surface area contributed by atoms with E-state index in [2.05, 4.69) is 22.2 Å². The van der Waals surface area contributed by atoms with Crippen molar-refractivity contribution in [1.82, 2.24) is 9.97 Å². The number of hydrogen-bond donors (Lipinski definition) is 0. The van der Waals surface area contributed by atoms with Gasteiger partial charge in [-0.1, -0.05) is 26.1 Å². The summed E-state index contributed by atoms with van der Waals surface area (Å²) >= 11 is 4.62. The van der Waals surface area contributed by atoms with Crippen LogP contribution in [0.1, 0.15) is 25.6 Å². The van der Waals surface area contributed by atoms with E-state index in [4.69, 9.17) is 13.8 Å². The summed E-state index contributed by atoms with van der Waals surface area (Å²) in [4.78, 5) is 8.28. The van der Waals surface area contributed by atoms with Gasteiger partial charge in [0, 0.05) is 13.0 Å². The van der Waals surface area contributed by atoms with Gasteiger partial charge < -0.3 is 9.26 Å². The molecule has 0 aromatic carbocycles. The lowest BCUT2D eigenvalue weighted by Crippen LogP contribution is -2.04. The number of aromatic nitrogens is 2. The maximum atomic E-state index is 11.9. The van der Waals surface area contributed by atoms with Gasteiger partial charge in [0.05, 0.1) is 13.2 Å². The molecule has 1 heterocycles. The molecule has 1 unspecified atom stereocenters. The predicted molar refractivity (Wildman–Crippen MR) is 71.6 cm³/mol. The molecule has 0 saturated heterocycles. The maximum Gasteiger partial charge on any atom is 0.415 e. The minimum Gasteiger partial charge on any atom is -0.481 e. The molecule has 0 aliphatic rings. The third-order valence-corrected chi connectivity index (χ3v) is 4.01. The molecule has 1 atom stereocenters. The molecule has 1 rings (SSSR count). The van der Waals surface area contributed by atoms with Crippen molar-refractivity contribution >= 4 is 24.9 Å². The number of rotatable bonds is 6. The van der Waals surface area contributed by atoms with Crippen LogP contribution in [0.15, 0.2) is 6.07 Å². The largest absolute Gasteiger partial charge is 0.481 e. The fraction of sp³-hybridized carbons (Fsp3) is 0.500. The summed E-state index contributed by atoms with van der Waals surface area (Å²) in [7, 11) is -0.707. The first-order valence-electron chi connectivity index (χ1n) is 5.18. The molecule has 0 fully saturated rings. The van der Waals surface area contributed by atoms with Crippen molar-refractivity contribution in [2.75, 3.05) is 14.2 Å². The number of thiocarbonyl (C=S) groups is 1. The molecule has 8 heteroatoms. The average molecular weight is 290 g/mol. The highest BCUT2D eigenvalue weighted by Crippen LogP contribution is 2.44.